The van der Waals surface area contributed by atoms with Crippen LogP contribution < -0.4 is 5.32 Å². The molecule has 0 amide bonds. The minimum Gasteiger partial charge on any atom is -0.386 e. The van der Waals surface area contributed by atoms with Gasteiger partial charge in [0, 0.05) is 23.7 Å². The van der Waals surface area contributed by atoms with Crippen LogP contribution >= 0.6 is 0 Å². The lowest BCUT2D eigenvalue weighted by Gasteiger charge is -2.25. The topological polar surface area (TPSA) is 62.2 Å². The molecule has 22 heavy (non-hydrogen) atoms. The maximum absolute atomic E-state index is 11.3. The predicted octanol–water partition coefficient (Wildman–Crippen LogP) is 2.65. The van der Waals surface area contributed by atoms with E-state index in [4.69, 9.17) is 0 Å². The fraction of sp³-hybridized carbons (Fsp3) is 0.222. The number of pyridine rings is 1. The van der Waals surface area contributed by atoms with Gasteiger partial charge in [0.05, 0.1) is 5.60 Å². The Morgan fingerprint density at radius 1 is 1.23 bits per heavy atom. The van der Waals surface area contributed by atoms with E-state index in [9.17, 15) is 9.90 Å². The monoisotopic (exact) mass is 294 g/mol. The lowest BCUT2D eigenvalue weighted by Crippen LogP contribution is -2.25. The molecule has 0 fully saturated rings. The van der Waals surface area contributed by atoms with Gasteiger partial charge in [-0.1, -0.05) is 24.3 Å². The third-order valence-electron chi connectivity index (χ3n) is 3.87. The largest absolute Gasteiger partial charge is 0.386 e. The molecule has 2 heterocycles. The van der Waals surface area contributed by atoms with E-state index < -0.39 is 11.6 Å². The van der Waals surface area contributed by atoms with Gasteiger partial charge in [-0.3, -0.25) is 4.98 Å². The average Bonchev–Trinajstić information content (AvgIpc) is 2.53. The summed E-state index contributed by atoms with van der Waals surface area (Å²) < 4.78 is 0. The highest BCUT2D eigenvalue weighted by molar-refractivity contribution is 5.86. The molecule has 3 rings (SSSR count). The molecule has 2 aromatic rings. The molecule has 112 valence electrons. The van der Waals surface area contributed by atoms with Crippen molar-refractivity contribution < 1.29 is 9.90 Å². The molecule has 1 aromatic heterocycles. The molecule has 0 saturated carbocycles. The van der Waals surface area contributed by atoms with E-state index in [1.54, 1.807) is 26.2 Å². The molecule has 1 aliphatic rings. The molecule has 1 aliphatic heterocycles. The molecular weight excluding hydrogens is 276 g/mol. The Morgan fingerprint density at radius 3 is 2.59 bits per heavy atom. The van der Waals surface area contributed by atoms with Crippen molar-refractivity contribution in [3.63, 3.8) is 0 Å². The van der Waals surface area contributed by atoms with Gasteiger partial charge < -0.3 is 15.2 Å². The fourth-order valence-electron chi connectivity index (χ4n) is 2.58. The van der Waals surface area contributed by atoms with E-state index in [1.165, 1.54) is 0 Å². The van der Waals surface area contributed by atoms with Gasteiger partial charge in [0.15, 0.2) is 0 Å². The SMILES string of the molecule is CC(C)(O)c1ccc(C2=Cc3ccncc3C(C=O)N2)cc1. The molecule has 1 atom stereocenters. The summed E-state index contributed by atoms with van der Waals surface area (Å²) in [5, 5.41) is 13.2. The van der Waals surface area contributed by atoms with Gasteiger partial charge >= 0.3 is 0 Å². The number of rotatable bonds is 3. The number of aldehydes is 1. The van der Waals surface area contributed by atoms with Crippen LogP contribution in [0.1, 0.15) is 42.1 Å². The van der Waals surface area contributed by atoms with E-state index in [2.05, 4.69) is 10.3 Å². The van der Waals surface area contributed by atoms with Crippen LogP contribution in [0.25, 0.3) is 11.8 Å². The van der Waals surface area contributed by atoms with E-state index in [0.717, 1.165) is 34.2 Å². The normalized spacial score (nSPS) is 17.2. The van der Waals surface area contributed by atoms with Crippen molar-refractivity contribution in [1.82, 2.24) is 10.3 Å². The minimum absolute atomic E-state index is 0.391. The maximum Gasteiger partial charge on any atom is 0.146 e. The van der Waals surface area contributed by atoms with Crippen molar-refractivity contribution in [2.45, 2.75) is 25.5 Å². The Balaban J connectivity index is 1.99. The van der Waals surface area contributed by atoms with Crippen LogP contribution in [-0.4, -0.2) is 16.4 Å². The number of nitrogens with zero attached hydrogens (tertiary/aromatic N) is 1. The second kappa shape index (κ2) is 5.39. The van der Waals surface area contributed by atoms with Crippen LogP contribution in [-0.2, 0) is 10.4 Å². The zero-order valence-electron chi connectivity index (χ0n) is 12.6. The standard InChI is InChI=1S/C18H18N2O2/c1-18(2,22)14-5-3-12(4-6-14)16-9-13-7-8-19-10-15(13)17(11-21)20-16/h3-11,17,20,22H,1-2H3. The van der Waals surface area contributed by atoms with Gasteiger partial charge in [-0.15, -0.1) is 0 Å². The average molecular weight is 294 g/mol. The van der Waals surface area contributed by atoms with Gasteiger partial charge in [0.25, 0.3) is 0 Å². The first-order valence-corrected chi connectivity index (χ1v) is 7.20. The summed E-state index contributed by atoms with van der Waals surface area (Å²) in [4.78, 5) is 15.4. The maximum atomic E-state index is 11.3. The number of carbonyl (C=O) groups excluding carboxylic acids is 1. The minimum atomic E-state index is -0.865. The highest BCUT2D eigenvalue weighted by atomic mass is 16.3. The zero-order valence-corrected chi connectivity index (χ0v) is 12.6. The Morgan fingerprint density at radius 2 is 1.95 bits per heavy atom. The fourth-order valence-corrected chi connectivity index (χ4v) is 2.58. The van der Waals surface area contributed by atoms with Crippen LogP contribution in [0.3, 0.4) is 0 Å². The summed E-state index contributed by atoms with van der Waals surface area (Å²) in [6.45, 7) is 3.51. The molecule has 4 nitrogen and oxygen atoms in total. The number of hydrogen-bond donors (Lipinski definition) is 2. The van der Waals surface area contributed by atoms with E-state index >= 15 is 0 Å². The van der Waals surface area contributed by atoms with E-state index in [0.29, 0.717) is 0 Å². The number of nitrogens with one attached hydrogen (secondary N) is 1. The van der Waals surface area contributed by atoms with Crippen LogP contribution in [0, 0.1) is 0 Å². The first-order valence-electron chi connectivity index (χ1n) is 7.20. The third kappa shape index (κ3) is 2.65. The van der Waals surface area contributed by atoms with Crippen LogP contribution in [0.15, 0.2) is 42.7 Å². The summed E-state index contributed by atoms with van der Waals surface area (Å²) >= 11 is 0. The van der Waals surface area contributed by atoms with Crippen LogP contribution in [0.2, 0.25) is 0 Å². The summed E-state index contributed by atoms with van der Waals surface area (Å²) in [7, 11) is 0. The Kier molecular flexibility index (Phi) is 3.54. The number of carbonyl (C=O) groups is 1. The van der Waals surface area contributed by atoms with Crippen molar-refractivity contribution >= 4 is 18.1 Å². The highest BCUT2D eigenvalue weighted by Gasteiger charge is 2.21. The van der Waals surface area contributed by atoms with Gasteiger partial charge in [-0.25, -0.2) is 0 Å². The number of hydrogen-bond acceptors (Lipinski definition) is 4. The molecule has 4 heteroatoms. The highest BCUT2D eigenvalue weighted by Crippen LogP contribution is 2.29. The smallest absolute Gasteiger partial charge is 0.146 e. The molecule has 0 radical (unpaired) electrons. The molecule has 1 aromatic carbocycles. The van der Waals surface area contributed by atoms with E-state index in [-0.39, 0.29) is 0 Å². The predicted molar refractivity (Wildman–Crippen MR) is 85.7 cm³/mol. The Hall–Kier alpha value is -2.46. The zero-order chi connectivity index (χ0) is 15.7. The number of aliphatic hydroxyl groups is 1. The van der Waals surface area contributed by atoms with Crippen molar-refractivity contribution in [3.05, 3.63) is 65.0 Å². The van der Waals surface area contributed by atoms with Crippen LogP contribution in [0.4, 0.5) is 0 Å². The van der Waals surface area contributed by atoms with Gasteiger partial charge in [0.2, 0.25) is 0 Å². The first-order chi connectivity index (χ1) is 10.5. The molecule has 2 N–H and O–H groups in total. The first kappa shape index (κ1) is 14.5. The van der Waals surface area contributed by atoms with Gasteiger partial charge in [-0.2, -0.15) is 0 Å². The lowest BCUT2D eigenvalue weighted by molar-refractivity contribution is -0.109. The molecule has 0 aliphatic carbocycles. The number of aromatic nitrogens is 1. The summed E-state index contributed by atoms with van der Waals surface area (Å²) in [5.41, 5.74) is 3.72. The Labute approximate surface area is 129 Å². The van der Waals surface area contributed by atoms with Crippen molar-refractivity contribution in [2.24, 2.45) is 0 Å². The summed E-state index contributed by atoms with van der Waals surface area (Å²) in [6, 6.07) is 9.20. The quantitative estimate of drug-likeness (QED) is 0.854. The number of fused-ring (bicyclic) bond motifs is 1. The number of benzene rings is 1. The second-order valence-electron chi connectivity index (χ2n) is 5.96. The summed E-state index contributed by atoms with van der Waals surface area (Å²) in [5.74, 6) is 0. The van der Waals surface area contributed by atoms with Crippen molar-refractivity contribution in [1.29, 1.82) is 0 Å². The third-order valence-corrected chi connectivity index (χ3v) is 3.87. The second-order valence-corrected chi connectivity index (χ2v) is 5.96. The van der Waals surface area contributed by atoms with E-state index in [1.807, 2.05) is 36.4 Å². The molecule has 0 spiro atoms. The van der Waals surface area contributed by atoms with Gasteiger partial charge in [-0.05, 0) is 42.7 Å². The van der Waals surface area contributed by atoms with Crippen molar-refractivity contribution in [3.8, 4) is 0 Å². The molecular formula is C18H18N2O2. The van der Waals surface area contributed by atoms with Crippen molar-refractivity contribution in [2.75, 3.05) is 0 Å². The molecule has 1 unspecified atom stereocenters. The lowest BCUT2D eigenvalue weighted by atomic mass is 9.93. The Bertz CT molecular complexity index is 727. The molecule has 0 bridgehead atoms. The molecule has 0 saturated heterocycles. The van der Waals surface area contributed by atoms with Crippen LogP contribution in [0.5, 0.6) is 0 Å². The summed E-state index contributed by atoms with van der Waals surface area (Å²) in [6.07, 6.45) is 6.33. The van der Waals surface area contributed by atoms with Gasteiger partial charge in [0.1, 0.15) is 12.3 Å².